The molecule has 1 aliphatic rings. The van der Waals surface area contributed by atoms with E-state index in [-0.39, 0.29) is 11.8 Å². The third-order valence-corrected chi connectivity index (χ3v) is 4.13. The Labute approximate surface area is 136 Å². The predicted octanol–water partition coefficient (Wildman–Crippen LogP) is 1.51. The van der Waals surface area contributed by atoms with Crippen LogP contribution in [0.25, 0.3) is 0 Å². The molecule has 3 N–H and O–H groups in total. The van der Waals surface area contributed by atoms with Crippen LogP contribution in [0.2, 0.25) is 5.02 Å². The van der Waals surface area contributed by atoms with E-state index in [0.717, 1.165) is 32.5 Å². The third kappa shape index (κ3) is 5.16. The van der Waals surface area contributed by atoms with Gasteiger partial charge in [0.2, 0.25) is 5.91 Å². The fraction of sp³-hybridized carbons (Fsp3) is 0.562. The number of para-hydroxylation sites is 1. The smallest absolute Gasteiger partial charge is 0.224 e. The highest BCUT2D eigenvalue weighted by molar-refractivity contribution is 6.32. The van der Waals surface area contributed by atoms with E-state index in [1.165, 1.54) is 0 Å². The molecule has 6 heteroatoms. The van der Waals surface area contributed by atoms with Crippen LogP contribution in [0.15, 0.2) is 24.3 Å². The van der Waals surface area contributed by atoms with Crippen LogP contribution in [0.5, 0.6) is 5.75 Å². The number of nitrogens with zero attached hydrogens (tertiary/aromatic N) is 1. The average Bonchev–Trinajstić information content (AvgIpc) is 2.54. The van der Waals surface area contributed by atoms with E-state index in [1.807, 2.05) is 24.3 Å². The summed E-state index contributed by atoms with van der Waals surface area (Å²) in [5.74, 6) is 0.876. The molecule has 2 rings (SSSR count). The summed E-state index contributed by atoms with van der Waals surface area (Å²) in [5, 5.41) is 3.50. The summed E-state index contributed by atoms with van der Waals surface area (Å²) >= 11 is 6.06. The standard InChI is InChI=1S/C16H24ClN3O2/c17-14-5-1-2-6-15(14)22-11-10-20-9-3-4-13(12-20)16(21)19-8-7-18/h1-2,5-6,13H,3-4,7-12,18H2,(H,19,21). The van der Waals surface area contributed by atoms with Crippen molar-refractivity contribution in [1.29, 1.82) is 0 Å². The summed E-state index contributed by atoms with van der Waals surface area (Å²) in [6.45, 7) is 4.18. The van der Waals surface area contributed by atoms with Crippen molar-refractivity contribution in [3.8, 4) is 5.75 Å². The fourth-order valence-corrected chi connectivity index (χ4v) is 2.85. The summed E-state index contributed by atoms with van der Waals surface area (Å²) in [6, 6.07) is 7.46. The highest BCUT2D eigenvalue weighted by Gasteiger charge is 2.25. The van der Waals surface area contributed by atoms with Crippen LogP contribution in [0, 0.1) is 5.92 Å². The normalized spacial score (nSPS) is 18.9. The molecule has 0 spiro atoms. The highest BCUT2D eigenvalue weighted by atomic mass is 35.5. The number of halogens is 1. The van der Waals surface area contributed by atoms with Crippen molar-refractivity contribution in [1.82, 2.24) is 10.2 Å². The summed E-state index contributed by atoms with van der Waals surface area (Å²) in [7, 11) is 0. The van der Waals surface area contributed by atoms with E-state index in [0.29, 0.717) is 30.5 Å². The van der Waals surface area contributed by atoms with Gasteiger partial charge in [0.25, 0.3) is 0 Å². The van der Waals surface area contributed by atoms with Gasteiger partial charge in [0.15, 0.2) is 0 Å². The maximum atomic E-state index is 12.0. The van der Waals surface area contributed by atoms with Crippen molar-refractivity contribution in [2.24, 2.45) is 11.7 Å². The molecule has 0 aromatic heterocycles. The number of piperidine rings is 1. The Kier molecular flexibility index (Phi) is 6.96. The van der Waals surface area contributed by atoms with Crippen LogP contribution in [0.1, 0.15) is 12.8 Å². The minimum absolute atomic E-state index is 0.0561. The quantitative estimate of drug-likeness (QED) is 0.797. The topological polar surface area (TPSA) is 67.6 Å². The number of amides is 1. The molecule has 1 atom stereocenters. The van der Waals surface area contributed by atoms with Crippen molar-refractivity contribution in [2.75, 3.05) is 39.3 Å². The van der Waals surface area contributed by atoms with Gasteiger partial charge in [0.1, 0.15) is 12.4 Å². The van der Waals surface area contributed by atoms with Gasteiger partial charge in [-0.3, -0.25) is 9.69 Å². The molecule has 1 heterocycles. The van der Waals surface area contributed by atoms with Crippen molar-refractivity contribution in [2.45, 2.75) is 12.8 Å². The van der Waals surface area contributed by atoms with Crippen molar-refractivity contribution in [3.63, 3.8) is 0 Å². The first kappa shape index (κ1) is 17.1. The molecular formula is C16H24ClN3O2. The molecule has 1 aliphatic heterocycles. The Bertz CT molecular complexity index is 484. The molecule has 0 saturated carbocycles. The molecule has 122 valence electrons. The zero-order valence-electron chi connectivity index (χ0n) is 12.8. The summed E-state index contributed by atoms with van der Waals surface area (Å²) < 4.78 is 5.71. The molecule has 1 saturated heterocycles. The van der Waals surface area contributed by atoms with Crippen LogP contribution >= 0.6 is 11.6 Å². The van der Waals surface area contributed by atoms with E-state index in [9.17, 15) is 4.79 Å². The number of rotatable bonds is 7. The fourth-order valence-electron chi connectivity index (χ4n) is 2.66. The number of carbonyl (C=O) groups is 1. The van der Waals surface area contributed by atoms with Crippen LogP contribution in [0.4, 0.5) is 0 Å². The molecule has 1 unspecified atom stereocenters. The second-order valence-electron chi connectivity index (χ2n) is 5.50. The number of benzene rings is 1. The molecule has 1 amide bonds. The molecule has 1 fully saturated rings. The van der Waals surface area contributed by atoms with Gasteiger partial charge in [-0.15, -0.1) is 0 Å². The van der Waals surface area contributed by atoms with E-state index >= 15 is 0 Å². The number of nitrogens with one attached hydrogen (secondary N) is 1. The summed E-state index contributed by atoms with van der Waals surface area (Å²) in [4.78, 5) is 14.3. The number of hydrogen-bond acceptors (Lipinski definition) is 4. The number of nitrogens with two attached hydrogens (primary N) is 1. The minimum atomic E-state index is 0.0561. The Hall–Kier alpha value is -1.30. The van der Waals surface area contributed by atoms with E-state index in [1.54, 1.807) is 0 Å². The monoisotopic (exact) mass is 325 g/mol. The van der Waals surface area contributed by atoms with Gasteiger partial charge in [-0.1, -0.05) is 23.7 Å². The van der Waals surface area contributed by atoms with Gasteiger partial charge in [-0.25, -0.2) is 0 Å². The first-order chi connectivity index (χ1) is 10.7. The molecule has 5 nitrogen and oxygen atoms in total. The first-order valence-corrected chi connectivity index (χ1v) is 8.16. The summed E-state index contributed by atoms with van der Waals surface area (Å²) in [6.07, 6.45) is 1.98. The largest absolute Gasteiger partial charge is 0.491 e. The molecule has 1 aromatic rings. The minimum Gasteiger partial charge on any atom is -0.491 e. The third-order valence-electron chi connectivity index (χ3n) is 3.82. The maximum absolute atomic E-state index is 12.0. The molecule has 0 aliphatic carbocycles. The Morgan fingerprint density at radius 2 is 2.27 bits per heavy atom. The van der Waals surface area contributed by atoms with Gasteiger partial charge >= 0.3 is 0 Å². The second kappa shape index (κ2) is 8.98. The maximum Gasteiger partial charge on any atom is 0.224 e. The molecule has 22 heavy (non-hydrogen) atoms. The van der Waals surface area contributed by atoms with E-state index in [2.05, 4.69) is 10.2 Å². The van der Waals surface area contributed by atoms with E-state index in [4.69, 9.17) is 22.1 Å². The number of hydrogen-bond donors (Lipinski definition) is 2. The Morgan fingerprint density at radius 1 is 1.45 bits per heavy atom. The van der Waals surface area contributed by atoms with E-state index < -0.39 is 0 Å². The van der Waals surface area contributed by atoms with Gasteiger partial charge in [-0.2, -0.15) is 0 Å². The van der Waals surface area contributed by atoms with Crippen LogP contribution in [-0.4, -0.2) is 50.1 Å². The predicted molar refractivity (Wildman–Crippen MR) is 88.2 cm³/mol. The lowest BCUT2D eigenvalue weighted by Gasteiger charge is -2.31. The first-order valence-electron chi connectivity index (χ1n) is 7.78. The number of likely N-dealkylation sites (tertiary alicyclic amines) is 1. The summed E-state index contributed by atoms with van der Waals surface area (Å²) in [5.41, 5.74) is 5.41. The van der Waals surface area contributed by atoms with Gasteiger partial charge in [-0.05, 0) is 31.5 Å². The second-order valence-corrected chi connectivity index (χ2v) is 5.91. The van der Waals surface area contributed by atoms with Crippen LogP contribution in [0.3, 0.4) is 0 Å². The van der Waals surface area contributed by atoms with Gasteiger partial charge in [0, 0.05) is 26.2 Å². The number of ether oxygens (including phenoxy) is 1. The zero-order valence-corrected chi connectivity index (χ0v) is 13.5. The van der Waals surface area contributed by atoms with Crippen LogP contribution in [-0.2, 0) is 4.79 Å². The Balaban J connectivity index is 1.74. The lowest BCUT2D eigenvalue weighted by molar-refractivity contribution is -0.126. The van der Waals surface area contributed by atoms with Gasteiger partial charge < -0.3 is 15.8 Å². The highest BCUT2D eigenvalue weighted by Crippen LogP contribution is 2.23. The molecule has 0 bridgehead atoms. The lowest BCUT2D eigenvalue weighted by Crippen LogP contribution is -2.45. The van der Waals surface area contributed by atoms with Crippen molar-refractivity contribution in [3.05, 3.63) is 29.3 Å². The zero-order chi connectivity index (χ0) is 15.8. The van der Waals surface area contributed by atoms with Crippen molar-refractivity contribution >= 4 is 17.5 Å². The average molecular weight is 326 g/mol. The molecular weight excluding hydrogens is 302 g/mol. The SMILES string of the molecule is NCCNC(=O)C1CCCN(CCOc2ccccc2Cl)C1. The van der Waals surface area contributed by atoms with Crippen molar-refractivity contribution < 1.29 is 9.53 Å². The lowest BCUT2D eigenvalue weighted by atomic mass is 9.97. The Morgan fingerprint density at radius 3 is 3.05 bits per heavy atom. The number of carbonyl (C=O) groups excluding carboxylic acids is 1. The van der Waals surface area contributed by atoms with Gasteiger partial charge in [0.05, 0.1) is 10.9 Å². The molecule has 1 aromatic carbocycles. The van der Waals surface area contributed by atoms with Crippen LogP contribution < -0.4 is 15.8 Å². The molecule has 0 radical (unpaired) electrons.